The van der Waals surface area contributed by atoms with Crippen LogP contribution in [0.1, 0.15) is 35.2 Å². The molecule has 0 bridgehead atoms. The van der Waals surface area contributed by atoms with Crippen molar-refractivity contribution in [1.82, 2.24) is 0 Å². The molecule has 0 heterocycles. The van der Waals surface area contributed by atoms with Crippen LogP contribution in [0.4, 0.5) is 5.69 Å². The Morgan fingerprint density at radius 2 is 2.06 bits per heavy atom. The van der Waals surface area contributed by atoms with Gasteiger partial charge in [0, 0.05) is 12.1 Å². The summed E-state index contributed by atoms with van der Waals surface area (Å²) in [6.07, 6.45) is 2.01. The second-order valence-electron chi connectivity index (χ2n) is 4.13. The average Bonchev–Trinajstić information content (AvgIpc) is 2.28. The van der Waals surface area contributed by atoms with Crippen molar-refractivity contribution in [3.05, 3.63) is 29.3 Å². The number of carbonyl (C=O) groups excluding carboxylic acids is 1. The maximum absolute atomic E-state index is 11.5. The van der Waals surface area contributed by atoms with Crippen molar-refractivity contribution < 1.29 is 14.7 Å². The predicted octanol–water partition coefficient (Wildman–Crippen LogP) is 1.76. The smallest absolute Gasteiger partial charge is 0.335 e. The van der Waals surface area contributed by atoms with Crippen molar-refractivity contribution in [2.45, 2.75) is 26.2 Å². The first-order valence-electron chi connectivity index (χ1n) is 5.88. The number of nitrogens with one attached hydrogen (secondary N) is 1. The third-order valence-electron chi connectivity index (χ3n) is 2.60. The standard InChI is InChI=1S/C13H18N2O3/c1-9-8-10(5-6-11(9)13(17)18)15-12(16)4-2-3-7-14/h5-6,8H,2-4,7,14H2,1H3,(H,15,16)(H,17,18). The van der Waals surface area contributed by atoms with E-state index in [1.54, 1.807) is 19.1 Å². The minimum atomic E-state index is -0.965. The fourth-order valence-electron chi connectivity index (χ4n) is 1.63. The van der Waals surface area contributed by atoms with Gasteiger partial charge in [0.05, 0.1) is 5.56 Å². The highest BCUT2D eigenvalue weighted by Gasteiger charge is 2.08. The summed E-state index contributed by atoms with van der Waals surface area (Å²) in [5.41, 5.74) is 6.84. The number of amides is 1. The summed E-state index contributed by atoms with van der Waals surface area (Å²) in [6.45, 7) is 2.28. The highest BCUT2D eigenvalue weighted by Crippen LogP contribution is 2.15. The number of rotatable bonds is 6. The molecule has 98 valence electrons. The maximum atomic E-state index is 11.5. The van der Waals surface area contributed by atoms with E-state index < -0.39 is 5.97 Å². The van der Waals surface area contributed by atoms with E-state index in [1.165, 1.54) is 6.07 Å². The first-order valence-corrected chi connectivity index (χ1v) is 5.88. The van der Waals surface area contributed by atoms with E-state index in [-0.39, 0.29) is 11.5 Å². The average molecular weight is 250 g/mol. The molecule has 0 aromatic heterocycles. The molecule has 18 heavy (non-hydrogen) atoms. The zero-order valence-corrected chi connectivity index (χ0v) is 10.4. The molecule has 1 amide bonds. The predicted molar refractivity (Wildman–Crippen MR) is 69.7 cm³/mol. The van der Waals surface area contributed by atoms with Crippen LogP contribution in [0.25, 0.3) is 0 Å². The monoisotopic (exact) mass is 250 g/mol. The third kappa shape index (κ3) is 4.18. The minimum Gasteiger partial charge on any atom is -0.478 e. The summed E-state index contributed by atoms with van der Waals surface area (Å²) in [7, 11) is 0. The Morgan fingerprint density at radius 1 is 1.33 bits per heavy atom. The van der Waals surface area contributed by atoms with Crippen LogP contribution >= 0.6 is 0 Å². The van der Waals surface area contributed by atoms with Gasteiger partial charge in [0.2, 0.25) is 5.91 Å². The number of aryl methyl sites for hydroxylation is 1. The summed E-state index contributed by atoms with van der Waals surface area (Å²) >= 11 is 0. The molecular formula is C13H18N2O3. The van der Waals surface area contributed by atoms with Crippen molar-refractivity contribution in [2.75, 3.05) is 11.9 Å². The van der Waals surface area contributed by atoms with E-state index >= 15 is 0 Å². The van der Waals surface area contributed by atoms with Gasteiger partial charge in [0.15, 0.2) is 0 Å². The number of anilines is 1. The Kier molecular flexibility index (Phi) is 5.32. The Hall–Kier alpha value is -1.88. The van der Waals surface area contributed by atoms with Crippen molar-refractivity contribution in [1.29, 1.82) is 0 Å². The fourth-order valence-corrected chi connectivity index (χ4v) is 1.63. The van der Waals surface area contributed by atoms with Gasteiger partial charge >= 0.3 is 5.97 Å². The van der Waals surface area contributed by atoms with Crippen LogP contribution in [0.3, 0.4) is 0 Å². The number of aromatic carboxylic acids is 1. The summed E-state index contributed by atoms with van der Waals surface area (Å²) in [6, 6.07) is 4.74. The zero-order valence-electron chi connectivity index (χ0n) is 10.4. The van der Waals surface area contributed by atoms with E-state index in [1.807, 2.05) is 0 Å². The van der Waals surface area contributed by atoms with Gasteiger partial charge in [-0.15, -0.1) is 0 Å². The van der Waals surface area contributed by atoms with E-state index in [0.29, 0.717) is 24.2 Å². The topological polar surface area (TPSA) is 92.4 Å². The maximum Gasteiger partial charge on any atom is 0.335 e. The molecule has 1 aromatic rings. The molecule has 0 saturated carbocycles. The van der Waals surface area contributed by atoms with Gasteiger partial charge in [-0.3, -0.25) is 4.79 Å². The second-order valence-corrected chi connectivity index (χ2v) is 4.13. The summed E-state index contributed by atoms with van der Waals surface area (Å²) in [4.78, 5) is 22.4. The van der Waals surface area contributed by atoms with Crippen LogP contribution in [0.2, 0.25) is 0 Å². The lowest BCUT2D eigenvalue weighted by atomic mass is 10.1. The van der Waals surface area contributed by atoms with Gasteiger partial charge in [0.25, 0.3) is 0 Å². The lowest BCUT2D eigenvalue weighted by molar-refractivity contribution is -0.116. The van der Waals surface area contributed by atoms with E-state index in [4.69, 9.17) is 10.8 Å². The van der Waals surface area contributed by atoms with Gasteiger partial charge in [-0.05, 0) is 50.1 Å². The van der Waals surface area contributed by atoms with E-state index in [0.717, 1.165) is 12.8 Å². The molecule has 0 unspecified atom stereocenters. The molecule has 0 saturated heterocycles. The van der Waals surface area contributed by atoms with Crippen LogP contribution in [0.15, 0.2) is 18.2 Å². The lowest BCUT2D eigenvalue weighted by Crippen LogP contribution is -2.12. The molecule has 0 aliphatic heterocycles. The Balaban J connectivity index is 2.60. The Labute approximate surface area is 106 Å². The molecular weight excluding hydrogens is 232 g/mol. The molecule has 1 aromatic carbocycles. The van der Waals surface area contributed by atoms with E-state index in [9.17, 15) is 9.59 Å². The van der Waals surface area contributed by atoms with Crippen LogP contribution in [-0.2, 0) is 4.79 Å². The number of carbonyl (C=O) groups is 2. The molecule has 0 aliphatic rings. The Morgan fingerprint density at radius 3 is 2.61 bits per heavy atom. The number of unbranched alkanes of at least 4 members (excludes halogenated alkanes) is 1. The summed E-state index contributed by atoms with van der Waals surface area (Å²) < 4.78 is 0. The molecule has 0 fully saturated rings. The van der Waals surface area contributed by atoms with Crippen molar-refractivity contribution >= 4 is 17.6 Å². The Bertz CT molecular complexity index is 444. The quantitative estimate of drug-likeness (QED) is 0.671. The molecule has 0 spiro atoms. The highest BCUT2D eigenvalue weighted by atomic mass is 16.4. The highest BCUT2D eigenvalue weighted by molar-refractivity contribution is 5.93. The third-order valence-corrected chi connectivity index (χ3v) is 2.60. The van der Waals surface area contributed by atoms with Crippen LogP contribution < -0.4 is 11.1 Å². The molecule has 4 N–H and O–H groups in total. The second kappa shape index (κ2) is 6.76. The number of carboxylic acids is 1. The molecule has 0 aliphatic carbocycles. The van der Waals surface area contributed by atoms with Crippen molar-refractivity contribution in [2.24, 2.45) is 5.73 Å². The lowest BCUT2D eigenvalue weighted by Gasteiger charge is -2.07. The molecule has 0 atom stereocenters. The number of nitrogens with two attached hydrogens (primary N) is 1. The molecule has 5 heteroatoms. The SMILES string of the molecule is Cc1cc(NC(=O)CCCCN)ccc1C(=O)O. The van der Waals surface area contributed by atoms with Gasteiger partial charge in [-0.25, -0.2) is 4.79 Å². The van der Waals surface area contributed by atoms with E-state index in [2.05, 4.69) is 5.32 Å². The van der Waals surface area contributed by atoms with Gasteiger partial charge in [-0.1, -0.05) is 0 Å². The zero-order chi connectivity index (χ0) is 13.5. The number of hydrogen-bond donors (Lipinski definition) is 3. The molecule has 5 nitrogen and oxygen atoms in total. The van der Waals surface area contributed by atoms with Crippen molar-refractivity contribution in [3.8, 4) is 0 Å². The number of benzene rings is 1. The van der Waals surface area contributed by atoms with Crippen LogP contribution in [0, 0.1) is 6.92 Å². The first kappa shape index (κ1) is 14.2. The summed E-state index contributed by atoms with van der Waals surface area (Å²) in [5, 5.41) is 11.6. The van der Waals surface area contributed by atoms with Crippen molar-refractivity contribution in [3.63, 3.8) is 0 Å². The van der Waals surface area contributed by atoms with Gasteiger partial charge in [-0.2, -0.15) is 0 Å². The largest absolute Gasteiger partial charge is 0.478 e. The normalized spacial score (nSPS) is 10.1. The van der Waals surface area contributed by atoms with Crippen LogP contribution in [0.5, 0.6) is 0 Å². The number of carboxylic acid groups (broad SMARTS) is 1. The fraction of sp³-hybridized carbons (Fsp3) is 0.385. The molecule has 0 radical (unpaired) electrons. The summed E-state index contributed by atoms with van der Waals surface area (Å²) in [5.74, 6) is -1.04. The first-order chi connectivity index (χ1) is 8.54. The van der Waals surface area contributed by atoms with Crippen LogP contribution in [-0.4, -0.2) is 23.5 Å². The van der Waals surface area contributed by atoms with Gasteiger partial charge < -0.3 is 16.2 Å². The minimum absolute atomic E-state index is 0.0778. The molecule has 1 rings (SSSR count). The number of hydrogen-bond acceptors (Lipinski definition) is 3. The van der Waals surface area contributed by atoms with Gasteiger partial charge in [0.1, 0.15) is 0 Å².